The molecule has 0 bridgehead atoms. The number of amidine groups is 1. The number of hydrogen-bond donors (Lipinski definition) is 4. The first-order valence-electron chi connectivity index (χ1n) is 14.6. The third kappa shape index (κ3) is 5.83. The maximum absolute atomic E-state index is 14.1. The van der Waals surface area contributed by atoms with Gasteiger partial charge < -0.3 is 30.9 Å². The average molecular weight is 641 g/mol. The molecule has 4 atom stereocenters. The molecule has 4 aliphatic rings. The minimum absolute atomic E-state index is 0.0722. The van der Waals surface area contributed by atoms with E-state index in [9.17, 15) is 19.1 Å². The summed E-state index contributed by atoms with van der Waals surface area (Å²) >= 11 is 8.00. The first-order chi connectivity index (χ1) is 21.2. The highest BCUT2D eigenvalue weighted by Crippen LogP contribution is 2.38. The molecule has 3 aliphatic heterocycles. The van der Waals surface area contributed by atoms with Crippen LogP contribution in [0.15, 0.2) is 58.3 Å². The van der Waals surface area contributed by atoms with Gasteiger partial charge in [0.25, 0.3) is 0 Å². The summed E-state index contributed by atoms with van der Waals surface area (Å²) in [7, 11) is 1.75. The van der Waals surface area contributed by atoms with Crippen molar-refractivity contribution in [1.29, 1.82) is 5.41 Å². The first kappa shape index (κ1) is 30.2. The highest BCUT2D eigenvalue weighted by atomic mass is 35.5. The Kier molecular flexibility index (Phi) is 8.70. The van der Waals surface area contributed by atoms with E-state index in [1.807, 2.05) is 10.3 Å². The van der Waals surface area contributed by atoms with Crippen LogP contribution in [0.25, 0.3) is 0 Å². The molecule has 3 fully saturated rings. The van der Waals surface area contributed by atoms with Crippen molar-refractivity contribution >= 4 is 46.5 Å². The highest BCUT2D eigenvalue weighted by Gasteiger charge is 2.48. The number of rotatable bonds is 9. The summed E-state index contributed by atoms with van der Waals surface area (Å²) in [5.74, 6) is -1.28. The van der Waals surface area contributed by atoms with E-state index < -0.39 is 23.7 Å². The van der Waals surface area contributed by atoms with E-state index in [-0.39, 0.29) is 28.8 Å². The van der Waals surface area contributed by atoms with Gasteiger partial charge in [-0.05, 0) is 37.3 Å². The number of urea groups is 1. The van der Waals surface area contributed by atoms with Gasteiger partial charge in [-0.3, -0.25) is 14.7 Å². The lowest BCUT2D eigenvalue weighted by Gasteiger charge is -2.38. The molecule has 1 aromatic carbocycles. The first-order valence-corrected chi connectivity index (χ1v) is 15.9. The van der Waals surface area contributed by atoms with E-state index in [2.05, 4.69) is 20.5 Å². The zero-order chi connectivity index (χ0) is 31.0. The van der Waals surface area contributed by atoms with E-state index in [0.717, 1.165) is 12.1 Å². The molecule has 0 spiro atoms. The predicted molar refractivity (Wildman–Crippen MR) is 167 cm³/mol. The molecular weight excluding hydrogens is 607 g/mol. The third-order valence-corrected chi connectivity index (χ3v) is 9.88. The second-order valence-corrected chi connectivity index (χ2v) is 12.7. The van der Waals surface area contributed by atoms with Gasteiger partial charge in [0.1, 0.15) is 11.9 Å². The number of carboxylic acid groups (broad SMARTS) is 1. The Morgan fingerprint density at radius 2 is 2.14 bits per heavy atom. The molecule has 0 radical (unpaired) electrons. The van der Waals surface area contributed by atoms with E-state index >= 15 is 0 Å². The molecule has 2 saturated heterocycles. The van der Waals surface area contributed by atoms with Gasteiger partial charge in [-0.2, -0.15) is 0 Å². The number of hydrogen-bond acceptors (Lipinski definition) is 9. The normalized spacial score (nSPS) is 25.8. The molecule has 2 aromatic rings. The fourth-order valence-corrected chi connectivity index (χ4v) is 7.59. The number of amides is 2. The number of carboxylic acids is 1. The fraction of sp³-hybridized carbons (Fsp3) is 0.433. The Morgan fingerprint density at radius 3 is 2.86 bits per heavy atom. The number of carbonyl (C=O) groups excluding carboxylic acids is 1. The van der Waals surface area contributed by atoms with Crippen molar-refractivity contribution in [1.82, 2.24) is 30.3 Å². The maximum Gasteiger partial charge on any atom is 0.320 e. The Labute approximate surface area is 263 Å². The Balaban J connectivity index is 1.31. The molecule has 4 N–H and O–H groups in total. The molecule has 6 rings (SSSR count). The minimum Gasteiger partial charge on any atom is -0.481 e. The van der Waals surface area contributed by atoms with Crippen molar-refractivity contribution in [3.63, 3.8) is 0 Å². The molecule has 1 aliphatic carbocycles. The second kappa shape index (κ2) is 12.7. The van der Waals surface area contributed by atoms with E-state index in [4.69, 9.17) is 22.0 Å². The summed E-state index contributed by atoms with van der Waals surface area (Å²) in [5, 5.41) is 27.9. The van der Waals surface area contributed by atoms with E-state index in [0.29, 0.717) is 67.5 Å². The molecular formula is C30H34ClFN8O3S. The van der Waals surface area contributed by atoms with Gasteiger partial charge in [-0.25, -0.2) is 14.2 Å². The molecule has 232 valence electrons. The molecule has 44 heavy (non-hydrogen) atoms. The van der Waals surface area contributed by atoms with Crippen LogP contribution in [0, 0.1) is 17.1 Å². The summed E-state index contributed by atoms with van der Waals surface area (Å²) < 4.78 is 14.1. The van der Waals surface area contributed by atoms with Gasteiger partial charge >= 0.3 is 12.0 Å². The summed E-state index contributed by atoms with van der Waals surface area (Å²) in [5.41, 5.74) is 2.14. The number of allylic oxidation sites excluding steroid dienone is 1. The summed E-state index contributed by atoms with van der Waals surface area (Å²) in [6, 6.07) is 3.09. The van der Waals surface area contributed by atoms with Crippen molar-refractivity contribution in [3.05, 3.63) is 74.7 Å². The van der Waals surface area contributed by atoms with Crippen LogP contribution in [-0.2, 0) is 4.79 Å². The number of fused-ring (bicyclic) bond motifs is 1. The molecule has 11 nitrogen and oxygen atoms in total. The van der Waals surface area contributed by atoms with Crippen molar-refractivity contribution < 1.29 is 19.1 Å². The molecule has 1 saturated carbocycles. The smallest absolute Gasteiger partial charge is 0.320 e. The Morgan fingerprint density at radius 1 is 1.30 bits per heavy atom. The standard InChI is InChI=1S/C30H34ClFN8O3S/c1-34-8-7-22(33)25-23(36-27(28-35-9-12-44-28)37-26(25)19-6-5-17(32)13-21(19)31)16-38-10-11-39-18(14-38)15-40(30(39)43)24-4-2-3-20(24)29(41)42/h5-9,12-13,18,20,24,26,33-34H,2-4,10-11,14-16H2,1H3,(H,36,37)(H,41,42)/b8-7-,33-22?/t18-,20+,24+,26-/m0/s1. The maximum atomic E-state index is 14.1. The molecule has 1 aromatic heterocycles. The number of nitrogens with one attached hydrogen (secondary N) is 3. The van der Waals surface area contributed by atoms with E-state index in [1.165, 1.54) is 23.5 Å². The van der Waals surface area contributed by atoms with Gasteiger partial charge in [0.2, 0.25) is 0 Å². The number of nitrogens with zero attached hydrogens (tertiary/aromatic N) is 5. The van der Waals surface area contributed by atoms with Crippen molar-refractivity contribution in [3.8, 4) is 0 Å². The number of aliphatic carboxylic acids is 1. The summed E-state index contributed by atoms with van der Waals surface area (Å²) in [6.45, 7) is 2.64. The van der Waals surface area contributed by atoms with Crippen LogP contribution in [0.3, 0.4) is 0 Å². The van der Waals surface area contributed by atoms with Crippen LogP contribution < -0.4 is 10.6 Å². The zero-order valence-corrected chi connectivity index (χ0v) is 25.7. The number of halogens is 2. The van der Waals surface area contributed by atoms with Crippen LogP contribution in [0.4, 0.5) is 9.18 Å². The lowest BCUT2D eigenvalue weighted by molar-refractivity contribution is -0.142. The van der Waals surface area contributed by atoms with Crippen LogP contribution in [0.5, 0.6) is 0 Å². The lowest BCUT2D eigenvalue weighted by Crippen LogP contribution is -2.53. The Hall–Kier alpha value is -3.81. The van der Waals surface area contributed by atoms with Gasteiger partial charge in [-0.1, -0.05) is 24.1 Å². The van der Waals surface area contributed by atoms with Crippen molar-refractivity contribution in [2.24, 2.45) is 10.9 Å². The van der Waals surface area contributed by atoms with Gasteiger partial charge in [-0.15, -0.1) is 11.3 Å². The van der Waals surface area contributed by atoms with Crippen LogP contribution in [0.2, 0.25) is 5.02 Å². The monoisotopic (exact) mass is 640 g/mol. The average Bonchev–Trinajstić information content (AvgIpc) is 3.76. The fourth-order valence-electron chi connectivity index (χ4n) is 6.73. The van der Waals surface area contributed by atoms with E-state index in [1.54, 1.807) is 36.5 Å². The topological polar surface area (TPSA) is 137 Å². The zero-order valence-electron chi connectivity index (χ0n) is 24.2. The number of aromatic nitrogens is 1. The van der Waals surface area contributed by atoms with Crippen LogP contribution in [0.1, 0.15) is 35.9 Å². The lowest BCUT2D eigenvalue weighted by atomic mass is 9.91. The predicted octanol–water partition coefficient (Wildman–Crippen LogP) is 3.71. The Bertz CT molecular complexity index is 1550. The van der Waals surface area contributed by atoms with Gasteiger partial charge in [0.05, 0.1) is 17.7 Å². The number of thiazole rings is 1. The van der Waals surface area contributed by atoms with Gasteiger partial charge in [0, 0.05) is 79.2 Å². The van der Waals surface area contributed by atoms with Crippen LogP contribution in [-0.4, -0.2) is 100 Å². The number of piperazine rings is 1. The third-order valence-electron chi connectivity index (χ3n) is 8.77. The van der Waals surface area contributed by atoms with Crippen LogP contribution >= 0.6 is 22.9 Å². The largest absolute Gasteiger partial charge is 0.481 e. The number of benzene rings is 1. The quantitative estimate of drug-likeness (QED) is 0.307. The molecule has 14 heteroatoms. The SMILES string of the molecule is CN/C=C\C(=N)C1=C(CN2CCN3C(=O)N([C@@H]4CCC[C@H]4C(=O)O)C[C@@H]3C2)NC(c2nccs2)=N[C@H]1c1ccc(F)cc1Cl. The molecule has 0 unspecified atom stereocenters. The van der Waals surface area contributed by atoms with Crippen molar-refractivity contribution in [2.75, 3.05) is 39.8 Å². The second-order valence-electron chi connectivity index (χ2n) is 11.4. The van der Waals surface area contributed by atoms with Crippen molar-refractivity contribution in [2.45, 2.75) is 37.4 Å². The highest BCUT2D eigenvalue weighted by molar-refractivity contribution is 7.11. The number of aliphatic imine (C=N–C) groups is 1. The number of carbonyl (C=O) groups is 2. The molecule has 4 heterocycles. The summed E-state index contributed by atoms with van der Waals surface area (Å²) in [6.07, 6.45) is 7.13. The van der Waals surface area contributed by atoms with Gasteiger partial charge in [0.15, 0.2) is 10.8 Å². The molecule has 2 amide bonds. The summed E-state index contributed by atoms with van der Waals surface area (Å²) in [4.78, 5) is 40.5. The minimum atomic E-state index is -0.835.